The summed E-state index contributed by atoms with van der Waals surface area (Å²) in [6, 6.07) is 11.1. The first-order valence-corrected chi connectivity index (χ1v) is 9.33. The minimum absolute atomic E-state index is 0.0256. The number of hydrogen-bond donors (Lipinski definition) is 0. The zero-order valence-corrected chi connectivity index (χ0v) is 15.4. The highest BCUT2D eigenvalue weighted by molar-refractivity contribution is 5.97. The Morgan fingerprint density at radius 3 is 2.68 bits per heavy atom. The zero-order chi connectivity index (χ0) is 19.7. The molecule has 2 aliphatic heterocycles. The van der Waals surface area contributed by atoms with Crippen LogP contribution in [0.25, 0.3) is 0 Å². The molecule has 4 rings (SSSR count). The van der Waals surface area contributed by atoms with Gasteiger partial charge in [0.2, 0.25) is 11.8 Å². The van der Waals surface area contributed by atoms with Crippen LogP contribution < -0.4 is 4.90 Å². The fourth-order valence-electron chi connectivity index (χ4n) is 3.80. The number of carbonyl (C=O) groups excluding carboxylic acids is 2. The minimum Gasteiger partial charge on any atom is -0.336 e. The number of carbonyl (C=O) groups is 2. The van der Waals surface area contributed by atoms with E-state index >= 15 is 0 Å². The van der Waals surface area contributed by atoms with Crippen LogP contribution in [0.1, 0.15) is 11.1 Å². The topological polar surface area (TPSA) is 43.9 Å². The first-order chi connectivity index (χ1) is 13.5. The third-order valence-corrected chi connectivity index (χ3v) is 5.31. The molecule has 0 spiro atoms. The Balaban J connectivity index is 1.35. The zero-order valence-electron chi connectivity index (χ0n) is 15.4. The van der Waals surface area contributed by atoms with Crippen LogP contribution in [0.4, 0.5) is 14.5 Å². The fraction of sp³-hybridized carbons (Fsp3) is 0.333. The molecule has 2 aliphatic rings. The number of anilines is 1. The standard InChI is InChI=1S/C21H21F2N3O2/c22-17-5-6-18(23)16(11-17)12-25-10-9-24(13-20(25)27)14-21(28)26-8-7-15-3-1-2-4-19(15)26/h1-6,11H,7-10,12-14H2. The normalized spacial score (nSPS) is 17.1. The predicted octanol–water partition coefficient (Wildman–Crippen LogP) is 2.20. The molecule has 146 valence electrons. The molecular weight excluding hydrogens is 364 g/mol. The van der Waals surface area contributed by atoms with Crippen LogP contribution in [0.2, 0.25) is 0 Å². The first kappa shape index (κ1) is 18.6. The Kier molecular flexibility index (Phi) is 5.09. The highest BCUT2D eigenvalue weighted by Gasteiger charge is 2.29. The van der Waals surface area contributed by atoms with Gasteiger partial charge in [-0.05, 0) is 36.2 Å². The summed E-state index contributed by atoms with van der Waals surface area (Å²) in [5, 5.41) is 0. The van der Waals surface area contributed by atoms with Gasteiger partial charge in [0.1, 0.15) is 11.6 Å². The van der Waals surface area contributed by atoms with Crippen molar-refractivity contribution in [2.24, 2.45) is 0 Å². The van der Waals surface area contributed by atoms with Crippen molar-refractivity contribution < 1.29 is 18.4 Å². The molecule has 0 aliphatic carbocycles. The van der Waals surface area contributed by atoms with Crippen molar-refractivity contribution in [2.45, 2.75) is 13.0 Å². The largest absolute Gasteiger partial charge is 0.336 e. The van der Waals surface area contributed by atoms with Gasteiger partial charge in [0.15, 0.2) is 0 Å². The minimum atomic E-state index is -0.529. The van der Waals surface area contributed by atoms with Gasteiger partial charge in [-0.25, -0.2) is 8.78 Å². The SMILES string of the molecule is O=C1CN(CC(=O)N2CCc3ccccc32)CCN1Cc1cc(F)ccc1F. The highest BCUT2D eigenvalue weighted by atomic mass is 19.1. The molecule has 2 aromatic carbocycles. The van der Waals surface area contributed by atoms with E-state index in [1.54, 1.807) is 4.90 Å². The first-order valence-electron chi connectivity index (χ1n) is 9.33. The van der Waals surface area contributed by atoms with E-state index in [1.165, 1.54) is 4.90 Å². The molecule has 1 fully saturated rings. The molecule has 0 atom stereocenters. The van der Waals surface area contributed by atoms with Gasteiger partial charge in [0.25, 0.3) is 0 Å². The smallest absolute Gasteiger partial charge is 0.241 e. The lowest BCUT2D eigenvalue weighted by Gasteiger charge is -2.34. The lowest BCUT2D eigenvalue weighted by Crippen LogP contribution is -2.52. The second kappa shape index (κ2) is 7.67. The van der Waals surface area contributed by atoms with Crippen molar-refractivity contribution in [1.29, 1.82) is 0 Å². The van der Waals surface area contributed by atoms with Crippen molar-refractivity contribution in [2.75, 3.05) is 37.6 Å². The molecule has 7 heteroatoms. The lowest BCUT2D eigenvalue weighted by molar-refractivity contribution is -0.137. The number of para-hydroxylation sites is 1. The van der Waals surface area contributed by atoms with Crippen LogP contribution in [0.15, 0.2) is 42.5 Å². The van der Waals surface area contributed by atoms with Crippen LogP contribution in [-0.2, 0) is 22.6 Å². The maximum absolute atomic E-state index is 13.8. The van der Waals surface area contributed by atoms with Gasteiger partial charge in [-0.1, -0.05) is 18.2 Å². The van der Waals surface area contributed by atoms with Crippen LogP contribution >= 0.6 is 0 Å². The summed E-state index contributed by atoms with van der Waals surface area (Å²) < 4.78 is 27.2. The second-order valence-corrected chi connectivity index (χ2v) is 7.19. The van der Waals surface area contributed by atoms with Gasteiger partial charge in [-0.3, -0.25) is 14.5 Å². The van der Waals surface area contributed by atoms with E-state index in [9.17, 15) is 18.4 Å². The quantitative estimate of drug-likeness (QED) is 0.811. The van der Waals surface area contributed by atoms with Crippen LogP contribution in [0, 0.1) is 11.6 Å². The van der Waals surface area contributed by atoms with E-state index in [2.05, 4.69) is 0 Å². The maximum atomic E-state index is 13.8. The summed E-state index contributed by atoms with van der Waals surface area (Å²) in [6.45, 7) is 1.84. The van der Waals surface area contributed by atoms with E-state index in [-0.39, 0.29) is 37.0 Å². The number of rotatable bonds is 4. The monoisotopic (exact) mass is 385 g/mol. The van der Waals surface area contributed by atoms with Crippen molar-refractivity contribution in [3.8, 4) is 0 Å². The van der Waals surface area contributed by atoms with Gasteiger partial charge < -0.3 is 9.80 Å². The lowest BCUT2D eigenvalue weighted by atomic mass is 10.1. The molecule has 0 aromatic heterocycles. The molecule has 2 heterocycles. The molecule has 0 radical (unpaired) electrons. The maximum Gasteiger partial charge on any atom is 0.241 e. The van der Waals surface area contributed by atoms with Crippen LogP contribution in [0.5, 0.6) is 0 Å². The van der Waals surface area contributed by atoms with Gasteiger partial charge >= 0.3 is 0 Å². The predicted molar refractivity (Wildman–Crippen MR) is 101 cm³/mol. The number of nitrogens with zero attached hydrogens (tertiary/aromatic N) is 3. The molecular formula is C21H21F2N3O2. The van der Waals surface area contributed by atoms with E-state index in [0.29, 0.717) is 19.6 Å². The van der Waals surface area contributed by atoms with Crippen molar-refractivity contribution in [3.05, 3.63) is 65.2 Å². The van der Waals surface area contributed by atoms with Gasteiger partial charge in [0, 0.05) is 37.4 Å². The van der Waals surface area contributed by atoms with E-state index < -0.39 is 11.6 Å². The molecule has 2 aromatic rings. The third kappa shape index (κ3) is 3.75. The average Bonchev–Trinajstić information content (AvgIpc) is 3.11. The second-order valence-electron chi connectivity index (χ2n) is 7.19. The molecule has 0 unspecified atom stereocenters. The molecule has 5 nitrogen and oxygen atoms in total. The number of halogens is 2. The van der Waals surface area contributed by atoms with E-state index in [4.69, 9.17) is 0 Å². The molecule has 1 saturated heterocycles. The van der Waals surface area contributed by atoms with Gasteiger partial charge in [-0.15, -0.1) is 0 Å². The fourth-order valence-corrected chi connectivity index (χ4v) is 3.80. The summed E-state index contributed by atoms with van der Waals surface area (Å²) in [7, 11) is 0. The summed E-state index contributed by atoms with van der Waals surface area (Å²) in [5.41, 5.74) is 2.26. The molecule has 28 heavy (non-hydrogen) atoms. The number of piperazine rings is 1. The summed E-state index contributed by atoms with van der Waals surface area (Å²) in [6.07, 6.45) is 0.841. The van der Waals surface area contributed by atoms with Gasteiger partial charge in [0.05, 0.1) is 13.1 Å². The Labute approximate surface area is 162 Å². The van der Waals surface area contributed by atoms with Crippen LogP contribution in [0.3, 0.4) is 0 Å². The Bertz CT molecular complexity index is 918. The third-order valence-electron chi connectivity index (χ3n) is 5.31. The molecule has 0 bridgehead atoms. The van der Waals surface area contributed by atoms with Crippen LogP contribution in [-0.4, -0.2) is 54.3 Å². The van der Waals surface area contributed by atoms with Crippen molar-refractivity contribution in [3.63, 3.8) is 0 Å². The number of hydrogen-bond acceptors (Lipinski definition) is 3. The number of benzene rings is 2. The number of amides is 2. The average molecular weight is 385 g/mol. The molecule has 2 amide bonds. The van der Waals surface area contributed by atoms with Gasteiger partial charge in [-0.2, -0.15) is 0 Å². The Hall–Kier alpha value is -2.80. The number of fused-ring (bicyclic) bond motifs is 1. The van der Waals surface area contributed by atoms with E-state index in [0.717, 1.165) is 35.9 Å². The summed E-state index contributed by atoms with van der Waals surface area (Å²) in [4.78, 5) is 30.2. The van der Waals surface area contributed by atoms with Crippen molar-refractivity contribution in [1.82, 2.24) is 9.80 Å². The molecule has 0 saturated carbocycles. The Morgan fingerprint density at radius 1 is 1.04 bits per heavy atom. The van der Waals surface area contributed by atoms with E-state index in [1.807, 2.05) is 29.2 Å². The summed E-state index contributed by atoms with van der Waals surface area (Å²) >= 11 is 0. The molecule has 0 N–H and O–H groups in total. The highest BCUT2D eigenvalue weighted by Crippen LogP contribution is 2.27. The summed E-state index contributed by atoms with van der Waals surface area (Å²) in [5.74, 6) is -1.27. The Morgan fingerprint density at radius 2 is 1.86 bits per heavy atom. The van der Waals surface area contributed by atoms with Crippen molar-refractivity contribution >= 4 is 17.5 Å².